The van der Waals surface area contributed by atoms with Crippen LogP contribution in [0.15, 0.2) is 56.2 Å². The number of hydrogen-bond donors (Lipinski definition) is 2. The molecule has 2 atom stereocenters. The Morgan fingerprint density at radius 3 is 3.00 bits per heavy atom. The fraction of sp³-hybridized carbons (Fsp3) is 0.474. The number of nitrogens with one attached hydrogen (secondary N) is 1. The molecule has 3 aliphatic carbocycles. The Labute approximate surface area is 159 Å². The average molecular weight is 388 g/mol. The maximum absolute atomic E-state index is 12.8. The Balaban J connectivity index is 1.61. The monoisotopic (exact) mass is 387 g/mol. The maximum Gasteiger partial charge on any atom is 0.354 e. The molecule has 27 heavy (non-hydrogen) atoms. The second-order valence-electron chi connectivity index (χ2n) is 7.60. The number of hydrogen-bond acceptors (Lipinski definition) is 3. The van der Waals surface area contributed by atoms with Crippen LogP contribution in [0, 0.1) is 5.92 Å². The fourth-order valence-electron chi connectivity index (χ4n) is 4.12. The molecule has 0 bridgehead atoms. The zero-order valence-electron chi connectivity index (χ0n) is 15.6. The number of urea groups is 1. The molecule has 0 fully saturated rings. The van der Waals surface area contributed by atoms with E-state index in [4.69, 9.17) is 5.14 Å². The highest BCUT2D eigenvalue weighted by molar-refractivity contribution is 7.91. The van der Waals surface area contributed by atoms with Crippen LogP contribution < -0.4 is 10.5 Å². The van der Waals surface area contributed by atoms with Gasteiger partial charge in [0.15, 0.2) is 14.9 Å². The van der Waals surface area contributed by atoms with Crippen LogP contribution in [0.1, 0.15) is 52.0 Å². The summed E-state index contributed by atoms with van der Waals surface area (Å²) in [6, 6.07) is 0.989. The smallest absolute Gasteiger partial charge is 0.305 e. The summed E-state index contributed by atoms with van der Waals surface area (Å²) in [5.74, 6) is 0.362. The minimum Gasteiger partial charge on any atom is -0.305 e. The summed E-state index contributed by atoms with van der Waals surface area (Å²) in [7, 11) is -3.39. The Hall–Kier alpha value is -2.19. The molecule has 1 heterocycles. The number of carbonyl (C=O) groups excluding carboxylic acids is 1. The molecule has 0 saturated heterocycles. The van der Waals surface area contributed by atoms with E-state index in [0.29, 0.717) is 5.92 Å². The van der Waals surface area contributed by atoms with Gasteiger partial charge in [-0.05, 0) is 63.2 Å². The summed E-state index contributed by atoms with van der Waals surface area (Å²) in [6.07, 6.45) is 11.1. The molecule has 0 aromatic carbocycles. The number of nitrogens with zero attached hydrogens (tertiary/aromatic N) is 3. The molecule has 1 aromatic heterocycles. The lowest BCUT2D eigenvalue weighted by atomic mass is 9.84. The highest BCUT2D eigenvalue weighted by Crippen LogP contribution is 2.45. The van der Waals surface area contributed by atoms with Crippen molar-refractivity contribution < 1.29 is 9.00 Å². The first kappa shape index (κ1) is 18.2. The van der Waals surface area contributed by atoms with Crippen molar-refractivity contribution in [3.8, 4) is 0 Å². The molecule has 144 valence electrons. The van der Waals surface area contributed by atoms with Crippen molar-refractivity contribution in [1.29, 1.82) is 0 Å². The van der Waals surface area contributed by atoms with Crippen molar-refractivity contribution in [2.24, 2.45) is 15.4 Å². The SMILES string of the molecule is CC(C)n1ccc(S(N)(=O)=NC(=O)NC2=C3CC=CC3CC3=C2CCC3)n1. The second kappa shape index (κ2) is 6.76. The number of allylic oxidation sites excluding steroid dienone is 5. The van der Waals surface area contributed by atoms with Gasteiger partial charge in [-0.25, -0.2) is 14.1 Å². The predicted molar refractivity (Wildman–Crippen MR) is 104 cm³/mol. The second-order valence-corrected chi connectivity index (χ2v) is 9.33. The molecule has 8 heteroatoms. The van der Waals surface area contributed by atoms with Crippen LogP contribution in [-0.2, 0) is 9.92 Å². The molecule has 7 nitrogen and oxygen atoms in total. The van der Waals surface area contributed by atoms with Gasteiger partial charge in [-0.3, -0.25) is 4.68 Å². The molecule has 3 aliphatic rings. The first-order valence-electron chi connectivity index (χ1n) is 9.37. The van der Waals surface area contributed by atoms with Crippen LogP contribution in [0.5, 0.6) is 0 Å². The molecule has 4 rings (SSSR count). The van der Waals surface area contributed by atoms with Crippen molar-refractivity contribution in [3.05, 3.63) is 46.8 Å². The third kappa shape index (κ3) is 3.39. The number of fused-ring (bicyclic) bond motifs is 1. The van der Waals surface area contributed by atoms with Gasteiger partial charge in [0, 0.05) is 23.9 Å². The van der Waals surface area contributed by atoms with Crippen LogP contribution in [0.25, 0.3) is 0 Å². The van der Waals surface area contributed by atoms with Gasteiger partial charge in [0.1, 0.15) is 0 Å². The third-order valence-corrected chi connectivity index (χ3v) is 6.69. The van der Waals surface area contributed by atoms with Gasteiger partial charge in [0.25, 0.3) is 0 Å². The number of carbonyl (C=O) groups is 1. The lowest BCUT2D eigenvalue weighted by Crippen LogP contribution is -2.27. The number of nitrogens with two attached hydrogens (primary N) is 1. The normalized spacial score (nSPS) is 23.5. The van der Waals surface area contributed by atoms with Crippen molar-refractivity contribution >= 4 is 15.9 Å². The van der Waals surface area contributed by atoms with E-state index in [9.17, 15) is 9.00 Å². The lowest BCUT2D eigenvalue weighted by Gasteiger charge is -2.25. The standard InChI is InChI=1S/C19H25N5O2S/c1-12(2)24-10-9-17(22-24)27(20,26)23-19(25)21-18-15-7-3-5-13(15)11-14-6-4-8-16(14)18/h3,5,9-10,12-13H,4,6-8,11H2,1-2H3,(H3,20,21,23,25,26). The summed E-state index contributed by atoms with van der Waals surface area (Å²) in [5.41, 5.74) is 4.77. The Bertz CT molecular complexity index is 1010. The average Bonchev–Trinajstić information content (AvgIpc) is 3.34. The summed E-state index contributed by atoms with van der Waals surface area (Å²) >= 11 is 0. The van der Waals surface area contributed by atoms with E-state index in [1.165, 1.54) is 16.7 Å². The molecule has 2 unspecified atom stereocenters. The largest absolute Gasteiger partial charge is 0.354 e. The van der Waals surface area contributed by atoms with Gasteiger partial charge >= 0.3 is 6.03 Å². The summed E-state index contributed by atoms with van der Waals surface area (Å²) in [6.45, 7) is 3.91. The van der Waals surface area contributed by atoms with Gasteiger partial charge in [0.05, 0.1) is 0 Å². The van der Waals surface area contributed by atoms with Gasteiger partial charge < -0.3 is 5.32 Å². The zero-order valence-corrected chi connectivity index (χ0v) is 16.5. The summed E-state index contributed by atoms with van der Waals surface area (Å²) in [5, 5.41) is 13.1. The maximum atomic E-state index is 12.8. The predicted octanol–water partition coefficient (Wildman–Crippen LogP) is 3.59. The summed E-state index contributed by atoms with van der Waals surface area (Å²) in [4.78, 5) is 12.6. The van der Waals surface area contributed by atoms with E-state index in [2.05, 4.69) is 26.9 Å². The van der Waals surface area contributed by atoms with Crippen LogP contribution in [0.3, 0.4) is 0 Å². The first-order chi connectivity index (χ1) is 12.8. The van der Waals surface area contributed by atoms with E-state index in [1.54, 1.807) is 16.9 Å². The van der Waals surface area contributed by atoms with E-state index in [0.717, 1.165) is 37.8 Å². The molecular formula is C19H25N5O2S. The van der Waals surface area contributed by atoms with E-state index < -0.39 is 15.9 Å². The van der Waals surface area contributed by atoms with Gasteiger partial charge in [0.2, 0.25) is 0 Å². The molecule has 1 aromatic rings. The van der Waals surface area contributed by atoms with Crippen molar-refractivity contribution in [1.82, 2.24) is 15.1 Å². The molecule has 2 amide bonds. The van der Waals surface area contributed by atoms with Crippen LogP contribution in [-0.4, -0.2) is 20.0 Å². The van der Waals surface area contributed by atoms with Crippen molar-refractivity contribution in [3.63, 3.8) is 0 Å². The molecule has 0 saturated carbocycles. The molecular weight excluding hydrogens is 362 g/mol. The van der Waals surface area contributed by atoms with E-state index >= 15 is 0 Å². The quantitative estimate of drug-likeness (QED) is 0.775. The summed E-state index contributed by atoms with van der Waals surface area (Å²) < 4.78 is 18.2. The van der Waals surface area contributed by atoms with Crippen molar-refractivity contribution in [2.45, 2.75) is 57.0 Å². The Kier molecular flexibility index (Phi) is 4.55. The Morgan fingerprint density at radius 2 is 2.26 bits per heavy atom. The first-order valence-corrected chi connectivity index (χ1v) is 10.9. The molecule has 3 N–H and O–H groups in total. The van der Waals surface area contributed by atoms with Crippen LogP contribution in [0.2, 0.25) is 0 Å². The van der Waals surface area contributed by atoms with Crippen molar-refractivity contribution in [2.75, 3.05) is 0 Å². The highest BCUT2D eigenvalue weighted by Gasteiger charge is 2.32. The third-order valence-electron chi connectivity index (χ3n) is 5.44. The zero-order chi connectivity index (χ0) is 19.2. The minimum absolute atomic E-state index is 0.108. The lowest BCUT2D eigenvalue weighted by molar-refractivity contribution is 0.251. The Morgan fingerprint density at radius 1 is 1.44 bits per heavy atom. The molecule has 0 spiro atoms. The number of amides is 2. The highest BCUT2D eigenvalue weighted by atomic mass is 32.2. The molecule has 0 aliphatic heterocycles. The van der Waals surface area contributed by atoms with Crippen LogP contribution in [0.4, 0.5) is 4.79 Å². The van der Waals surface area contributed by atoms with Gasteiger partial charge in [-0.1, -0.05) is 17.7 Å². The topological polar surface area (TPSA) is 102 Å². The van der Waals surface area contributed by atoms with E-state index in [-0.39, 0.29) is 11.1 Å². The molecule has 0 radical (unpaired) electrons. The number of rotatable bonds is 3. The number of aromatic nitrogens is 2. The fourth-order valence-corrected chi connectivity index (χ4v) is 4.97. The van der Waals surface area contributed by atoms with Crippen LogP contribution >= 0.6 is 0 Å². The van der Waals surface area contributed by atoms with E-state index in [1.807, 2.05) is 13.8 Å². The van der Waals surface area contributed by atoms with Gasteiger partial charge in [-0.2, -0.15) is 5.10 Å². The van der Waals surface area contributed by atoms with Gasteiger partial charge in [-0.15, -0.1) is 4.36 Å². The minimum atomic E-state index is -3.39.